The molecule has 1 saturated heterocycles. The minimum Gasteiger partial charge on any atom is -0.478 e. The topological polar surface area (TPSA) is 54.0 Å². The Kier molecular flexibility index (Phi) is 6.13. The third-order valence-corrected chi connectivity index (χ3v) is 5.87. The van der Waals surface area contributed by atoms with E-state index in [9.17, 15) is 0 Å². The largest absolute Gasteiger partial charge is 0.478 e. The van der Waals surface area contributed by atoms with Gasteiger partial charge < -0.3 is 14.6 Å². The number of halogens is 1. The number of aromatic amines is 1. The first-order valence-corrected chi connectivity index (χ1v) is 10.5. The second-order valence-corrected chi connectivity index (χ2v) is 8.10. The molecule has 6 heteroatoms. The molecule has 0 saturated carbocycles. The summed E-state index contributed by atoms with van der Waals surface area (Å²) in [6.07, 6.45) is 7.86. The number of unbranched alkanes of at least 4 members (excludes halogenated alkanes) is 1. The molecule has 0 bridgehead atoms. The minimum atomic E-state index is 0.564. The van der Waals surface area contributed by atoms with Crippen LogP contribution in [0, 0.1) is 5.92 Å². The van der Waals surface area contributed by atoms with E-state index in [0.29, 0.717) is 17.5 Å². The minimum absolute atomic E-state index is 0.564. The molecule has 1 N–H and O–H groups in total. The lowest BCUT2D eigenvalue weighted by atomic mass is 9.92. The molecule has 2 aromatic heterocycles. The van der Waals surface area contributed by atoms with Gasteiger partial charge in [-0.25, -0.2) is 9.97 Å². The summed E-state index contributed by atoms with van der Waals surface area (Å²) in [4.78, 5) is 14.7. The fourth-order valence-corrected chi connectivity index (χ4v) is 4.02. The van der Waals surface area contributed by atoms with Crippen molar-refractivity contribution in [1.29, 1.82) is 0 Å². The predicted octanol–water partition coefficient (Wildman–Crippen LogP) is 5.17. The standard InChI is InChI=1S/C22H27ClN4O/c1-27-11-9-16(10-12-27)6-4-5-13-28-21-14-17(18(23)15-24-21)22-25-19-7-2-3-8-20(19)26-22/h2-3,7-8,14-16H,4-6,9-13H2,1H3,(H,25,26). The molecule has 148 valence electrons. The van der Waals surface area contributed by atoms with Crippen LogP contribution < -0.4 is 4.74 Å². The van der Waals surface area contributed by atoms with E-state index >= 15 is 0 Å². The van der Waals surface area contributed by atoms with Crippen LogP contribution in [0.3, 0.4) is 0 Å². The molecule has 3 heterocycles. The van der Waals surface area contributed by atoms with Gasteiger partial charge in [-0.2, -0.15) is 0 Å². The number of aromatic nitrogens is 3. The molecule has 0 spiro atoms. The smallest absolute Gasteiger partial charge is 0.214 e. The van der Waals surface area contributed by atoms with E-state index < -0.39 is 0 Å². The summed E-state index contributed by atoms with van der Waals surface area (Å²) in [7, 11) is 2.21. The van der Waals surface area contributed by atoms with Crippen molar-refractivity contribution in [1.82, 2.24) is 19.9 Å². The number of rotatable bonds is 7. The fourth-order valence-electron chi connectivity index (χ4n) is 3.82. The molecule has 1 aromatic carbocycles. The van der Waals surface area contributed by atoms with E-state index in [1.165, 1.54) is 38.8 Å². The van der Waals surface area contributed by atoms with Crippen LogP contribution in [0.2, 0.25) is 5.02 Å². The molecule has 0 amide bonds. The van der Waals surface area contributed by atoms with Crippen LogP contribution in [-0.2, 0) is 0 Å². The van der Waals surface area contributed by atoms with Crippen LogP contribution in [0.5, 0.6) is 5.88 Å². The predicted molar refractivity (Wildman–Crippen MR) is 114 cm³/mol. The van der Waals surface area contributed by atoms with Crippen molar-refractivity contribution in [3.63, 3.8) is 0 Å². The highest BCUT2D eigenvalue weighted by molar-refractivity contribution is 6.33. The highest BCUT2D eigenvalue weighted by Crippen LogP contribution is 2.29. The Morgan fingerprint density at radius 3 is 2.86 bits per heavy atom. The second kappa shape index (κ2) is 8.93. The Morgan fingerprint density at radius 1 is 1.21 bits per heavy atom. The maximum absolute atomic E-state index is 6.36. The van der Waals surface area contributed by atoms with Gasteiger partial charge in [0.2, 0.25) is 5.88 Å². The molecule has 1 fully saturated rings. The Labute approximate surface area is 171 Å². The SMILES string of the molecule is CN1CCC(CCCCOc2cc(-c3nc4ccccc4[nH]3)c(Cl)cn2)CC1. The summed E-state index contributed by atoms with van der Waals surface area (Å²) in [5.74, 6) is 2.21. The molecule has 0 aliphatic carbocycles. The van der Waals surface area contributed by atoms with E-state index in [1.54, 1.807) is 6.20 Å². The molecule has 0 radical (unpaired) electrons. The molecule has 1 aliphatic rings. The number of benzene rings is 1. The number of pyridine rings is 1. The normalized spacial score (nSPS) is 15.9. The van der Waals surface area contributed by atoms with E-state index in [0.717, 1.165) is 34.8 Å². The summed E-state index contributed by atoms with van der Waals surface area (Å²) < 4.78 is 5.88. The Morgan fingerprint density at radius 2 is 2.04 bits per heavy atom. The average molecular weight is 399 g/mol. The molecule has 5 nitrogen and oxygen atoms in total. The first-order valence-electron chi connectivity index (χ1n) is 10.1. The van der Waals surface area contributed by atoms with Gasteiger partial charge in [-0.3, -0.25) is 0 Å². The maximum Gasteiger partial charge on any atom is 0.214 e. The zero-order valence-electron chi connectivity index (χ0n) is 16.3. The van der Waals surface area contributed by atoms with Crippen molar-refractivity contribution in [2.45, 2.75) is 32.1 Å². The third-order valence-electron chi connectivity index (χ3n) is 5.57. The molecule has 3 aromatic rings. The highest BCUT2D eigenvalue weighted by Gasteiger charge is 2.16. The number of nitrogens with zero attached hydrogens (tertiary/aromatic N) is 3. The molecule has 28 heavy (non-hydrogen) atoms. The molecule has 1 aliphatic heterocycles. The summed E-state index contributed by atoms with van der Waals surface area (Å²) >= 11 is 6.36. The summed E-state index contributed by atoms with van der Waals surface area (Å²) in [5.41, 5.74) is 2.72. The van der Waals surface area contributed by atoms with Crippen molar-refractivity contribution in [3.8, 4) is 17.3 Å². The van der Waals surface area contributed by atoms with Crippen LogP contribution in [0.25, 0.3) is 22.4 Å². The van der Waals surface area contributed by atoms with Crippen molar-refractivity contribution >= 4 is 22.6 Å². The van der Waals surface area contributed by atoms with E-state index in [1.807, 2.05) is 30.3 Å². The lowest BCUT2D eigenvalue weighted by molar-refractivity contribution is 0.205. The summed E-state index contributed by atoms with van der Waals surface area (Å²) in [5, 5.41) is 0.564. The lowest BCUT2D eigenvalue weighted by Gasteiger charge is -2.28. The fraction of sp³-hybridized carbons (Fsp3) is 0.455. The Hall–Kier alpha value is -2.11. The highest BCUT2D eigenvalue weighted by atomic mass is 35.5. The van der Waals surface area contributed by atoms with Gasteiger partial charge >= 0.3 is 0 Å². The van der Waals surface area contributed by atoms with E-state index in [2.05, 4.69) is 26.9 Å². The van der Waals surface area contributed by atoms with Crippen LogP contribution in [0.15, 0.2) is 36.5 Å². The van der Waals surface area contributed by atoms with E-state index in [4.69, 9.17) is 16.3 Å². The third kappa shape index (κ3) is 4.65. The Balaban J connectivity index is 1.31. The number of imidazole rings is 1. The van der Waals surface area contributed by atoms with Gasteiger partial charge in [-0.15, -0.1) is 0 Å². The number of piperidine rings is 1. The van der Waals surface area contributed by atoms with E-state index in [-0.39, 0.29) is 0 Å². The lowest BCUT2D eigenvalue weighted by Crippen LogP contribution is -2.30. The summed E-state index contributed by atoms with van der Waals surface area (Å²) in [6.45, 7) is 3.15. The average Bonchev–Trinajstić information content (AvgIpc) is 3.14. The van der Waals surface area contributed by atoms with Crippen LogP contribution in [-0.4, -0.2) is 46.6 Å². The van der Waals surface area contributed by atoms with Gasteiger partial charge in [0.25, 0.3) is 0 Å². The number of H-pyrrole nitrogens is 1. The zero-order valence-corrected chi connectivity index (χ0v) is 17.1. The zero-order chi connectivity index (χ0) is 19.3. The van der Waals surface area contributed by atoms with Gasteiger partial charge in [0.05, 0.1) is 28.9 Å². The molecule has 0 unspecified atom stereocenters. The molecule has 4 rings (SSSR count). The number of hydrogen-bond donors (Lipinski definition) is 1. The van der Waals surface area contributed by atoms with Crippen molar-refractivity contribution < 1.29 is 4.74 Å². The number of nitrogens with one attached hydrogen (secondary N) is 1. The Bertz CT molecular complexity index is 885. The van der Waals surface area contributed by atoms with Gasteiger partial charge in [0, 0.05) is 11.6 Å². The quantitative estimate of drug-likeness (QED) is 0.558. The first kappa shape index (κ1) is 19.2. The monoisotopic (exact) mass is 398 g/mol. The van der Waals surface area contributed by atoms with Gasteiger partial charge in [-0.1, -0.05) is 30.2 Å². The maximum atomic E-state index is 6.36. The van der Waals surface area contributed by atoms with Crippen molar-refractivity contribution in [2.75, 3.05) is 26.7 Å². The molecular formula is C22H27ClN4O. The second-order valence-electron chi connectivity index (χ2n) is 7.70. The number of likely N-dealkylation sites (tertiary alicyclic amines) is 1. The van der Waals surface area contributed by atoms with Gasteiger partial charge in [0.1, 0.15) is 5.82 Å². The number of ether oxygens (including phenoxy) is 1. The molecular weight excluding hydrogens is 372 g/mol. The van der Waals surface area contributed by atoms with Crippen LogP contribution in [0.4, 0.5) is 0 Å². The molecule has 0 atom stereocenters. The van der Waals surface area contributed by atoms with Gasteiger partial charge in [0.15, 0.2) is 0 Å². The van der Waals surface area contributed by atoms with Gasteiger partial charge in [-0.05, 0) is 63.9 Å². The number of hydrogen-bond acceptors (Lipinski definition) is 4. The first-order chi connectivity index (χ1) is 13.7. The van der Waals surface area contributed by atoms with Crippen molar-refractivity contribution in [2.24, 2.45) is 5.92 Å². The number of para-hydroxylation sites is 2. The number of fused-ring (bicyclic) bond motifs is 1. The van der Waals surface area contributed by atoms with Crippen molar-refractivity contribution in [3.05, 3.63) is 41.6 Å². The van der Waals surface area contributed by atoms with Crippen LogP contribution in [0.1, 0.15) is 32.1 Å². The summed E-state index contributed by atoms with van der Waals surface area (Å²) in [6, 6.07) is 9.81. The van der Waals surface area contributed by atoms with Crippen LogP contribution >= 0.6 is 11.6 Å².